The summed E-state index contributed by atoms with van der Waals surface area (Å²) in [6.45, 7) is 3.89. The summed E-state index contributed by atoms with van der Waals surface area (Å²) in [6, 6.07) is 0. The third-order valence-corrected chi connectivity index (χ3v) is 5.69. The van der Waals surface area contributed by atoms with Crippen LogP contribution in [-0.2, 0) is 19.2 Å². The molecule has 5 N–H and O–H groups in total. The molecule has 146 valence electrons. The van der Waals surface area contributed by atoms with E-state index in [1.165, 1.54) is 0 Å². The first-order chi connectivity index (χ1) is 12.2. The average Bonchev–Trinajstić information content (AvgIpc) is 3.21. The van der Waals surface area contributed by atoms with E-state index in [1.54, 1.807) is 6.92 Å². The van der Waals surface area contributed by atoms with Crippen molar-refractivity contribution in [2.75, 3.05) is 6.54 Å². The summed E-state index contributed by atoms with van der Waals surface area (Å²) in [5.74, 6) is -4.96. The lowest BCUT2D eigenvalue weighted by Crippen LogP contribution is -2.64. The standard InChI is InChI=1S/C17H27N3O6/c1-3-12(22)20(19-11(21)5-4-9(2)8-18)17(16(25)26)7-6-10-13(14(10)17)15(23)24/h9-10,13-14H,3-8,18H2,1-2H3,(H,19,21)(H,23,24)(H,25,26)/t9?,10-,13-,14-,17-/m0/s1. The molecule has 5 atom stereocenters. The second-order valence-electron chi connectivity index (χ2n) is 7.32. The molecule has 2 saturated carbocycles. The molecule has 0 aromatic carbocycles. The number of nitrogens with one attached hydrogen (secondary N) is 1. The van der Waals surface area contributed by atoms with E-state index in [-0.39, 0.29) is 31.1 Å². The molecule has 0 aliphatic heterocycles. The van der Waals surface area contributed by atoms with Crippen molar-refractivity contribution in [3.8, 4) is 0 Å². The number of amides is 2. The van der Waals surface area contributed by atoms with Gasteiger partial charge in [0.15, 0.2) is 5.54 Å². The summed E-state index contributed by atoms with van der Waals surface area (Å²) in [7, 11) is 0. The van der Waals surface area contributed by atoms with Crippen molar-refractivity contribution in [3.63, 3.8) is 0 Å². The van der Waals surface area contributed by atoms with Gasteiger partial charge in [-0.2, -0.15) is 0 Å². The smallest absolute Gasteiger partial charge is 0.332 e. The van der Waals surface area contributed by atoms with Gasteiger partial charge >= 0.3 is 11.9 Å². The molecule has 2 aliphatic carbocycles. The van der Waals surface area contributed by atoms with Gasteiger partial charge in [-0.1, -0.05) is 13.8 Å². The Kier molecular flexibility index (Phi) is 5.90. The first kappa shape index (κ1) is 20.2. The molecule has 0 aromatic heterocycles. The minimum Gasteiger partial charge on any atom is -0.481 e. The molecule has 0 heterocycles. The predicted molar refractivity (Wildman–Crippen MR) is 90.4 cm³/mol. The molecule has 2 aliphatic rings. The van der Waals surface area contributed by atoms with Crippen molar-refractivity contribution in [3.05, 3.63) is 0 Å². The molecule has 1 unspecified atom stereocenters. The Labute approximate surface area is 151 Å². The molecule has 9 nitrogen and oxygen atoms in total. The number of carboxylic acid groups (broad SMARTS) is 2. The van der Waals surface area contributed by atoms with Crippen LogP contribution in [0.1, 0.15) is 46.0 Å². The molecule has 0 radical (unpaired) electrons. The number of nitrogens with zero attached hydrogens (tertiary/aromatic N) is 1. The van der Waals surface area contributed by atoms with E-state index in [0.717, 1.165) is 5.01 Å². The lowest BCUT2D eigenvalue weighted by Gasteiger charge is -2.39. The van der Waals surface area contributed by atoms with E-state index in [4.69, 9.17) is 5.73 Å². The van der Waals surface area contributed by atoms with Gasteiger partial charge in [0.05, 0.1) is 5.92 Å². The molecule has 2 amide bonds. The zero-order valence-electron chi connectivity index (χ0n) is 15.1. The second-order valence-corrected chi connectivity index (χ2v) is 7.32. The normalized spacial score (nSPS) is 30.2. The van der Waals surface area contributed by atoms with Crippen molar-refractivity contribution < 1.29 is 29.4 Å². The first-order valence-electron chi connectivity index (χ1n) is 8.99. The van der Waals surface area contributed by atoms with Crippen LogP contribution in [0.3, 0.4) is 0 Å². The number of carbonyl (C=O) groups is 4. The largest absolute Gasteiger partial charge is 0.481 e. The van der Waals surface area contributed by atoms with Gasteiger partial charge in [0, 0.05) is 18.8 Å². The number of carbonyl (C=O) groups excluding carboxylic acids is 2. The molecular weight excluding hydrogens is 342 g/mol. The van der Waals surface area contributed by atoms with Crippen LogP contribution in [0.25, 0.3) is 0 Å². The molecule has 0 bridgehead atoms. The summed E-state index contributed by atoms with van der Waals surface area (Å²) in [5, 5.41) is 20.1. The molecule has 0 aromatic rings. The number of hydrogen-bond donors (Lipinski definition) is 4. The number of nitrogens with two attached hydrogens (primary N) is 1. The maximum absolute atomic E-state index is 12.5. The second kappa shape index (κ2) is 7.61. The van der Waals surface area contributed by atoms with Gasteiger partial charge in [-0.25, -0.2) is 9.80 Å². The molecule has 2 rings (SSSR count). The number of carboxylic acids is 2. The van der Waals surface area contributed by atoms with Crippen LogP contribution in [0, 0.1) is 23.7 Å². The number of fused-ring (bicyclic) bond motifs is 1. The lowest BCUT2D eigenvalue weighted by atomic mass is 9.89. The first-order valence-corrected chi connectivity index (χ1v) is 8.99. The fraction of sp³-hybridized carbons (Fsp3) is 0.765. The summed E-state index contributed by atoms with van der Waals surface area (Å²) in [4.78, 5) is 48.3. The third kappa shape index (κ3) is 3.40. The molecule has 9 heteroatoms. The fourth-order valence-corrected chi connectivity index (χ4v) is 4.10. The molecule has 26 heavy (non-hydrogen) atoms. The average molecular weight is 369 g/mol. The van der Waals surface area contributed by atoms with Gasteiger partial charge in [0.1, 0.15) is 0 Å². The Balaban J connectivity index is 2.24. The van der Waals surface area contributed by atoms with Crippen LogP contribution in [0.2, 0.25) is 0 Å². The van der Waals surface area contributed by atoms with Crippen LogP contribution in [0.15, 0.2) is 0 Å². The Hall–Kier alpha value is -2.16. The van der Waals surface area contributed by atoms with Crippen LogP contribution in [0.5, 0.6) is 0 Å². The molecule has 0 spiro atoms. The van der Waals surface area contributed by atoms with Crippen LogP contribution in [0.4, 0.5) is 0 Å². The van der Waals surface area contributed by atoms with Crippen molar-refractivity contribution in [2.24, 2.45) is 29.4 Å². The van der Waals surface area contributed by atoms with Crippen LogP contribution in [-0.4, -0.2) is 51.1 Å². The summed E-state index contributed by atoms with van der Waals surface area (Å²) in [5.41, 5.74) is 6.29. The highest BCUT2D eigenvalue weighted by atomic mass is 16.4. The van der Waals surface area contributed by atoms with E-state index >= 15 is 0 Å². The molecule has 2 fully saturated rings. The van der Waals surface area contributed by atoms with Crippen molar-refractivity contribution in [1.82, 2.24) is 10.4 Å². The summed E-state index contributed by atoms with van der Waals surface area (Å²) >= 11 is 0. The number of rotatable bonds is 8. The number of aliphatic carboxylic acids is 2. The summed E-state index contributed by atoms with van der Waals surface area (Å²) in [6.07, 6.45) is 1.16. The van der Waals surface area contributed by atoms with Gasteiger partial charge in [-0.05, 0) is 37.6 Å². The van der Waals surface area contributed by atoms with Crippen LogP contribution < -0.4 is 11.2 Å². The third-order valence-electron chi connectivity index (χ3n) is 5.69. The van der Waals surface area contributed by atoms with Gasteiger partial charge in [-0.15, -0.1) is 0 Å². The van der Waals surface area contributed by atoms with Gasteiger partial charge < -0.3 is 15.9 Å². The minimum absolute atomic E-state index is 0.00361. The number of hydrazine groups is 1. The molecular formula is C17H27N3O6. The Morgan fingerprint density at radius 3 is 2.42 bits per heavy atom. The topological polar surface area (TPSA) is 150 Å². The highest BCUT2D eigenvalue weighted by Crippen LogP contribution is 2.64. The van der Waals surface area contributed by atoms with Gasteiger partial charge in [-0.3, -0.25) is 19.8 Å². The Morgan fingerprint density at radius 2 is 1.96 bits per heavy atom. The maximum Gasteiger partial charge on any atom is 0.332 e. The predicted octanol–water partition coefficient (Wildman–Crippen LogP) is 0.195. The van der Waals surface area contributed by atoms with E-state index in [0.29, 0.717) is 19.4 Å². The van der Waals surface area contributed by atoms with Gasteiger partial charge in [0.25, 0.3) is 0 Å². The van der Waals surface area contributed by atoms with E-state index in [1.807, 2.05) is 6.92 Å². The SMILES string of the molecule is CCC(=O)N(NC(=O)CCC(C)CN)[C@@]1(C(=O)O)CC[C@H]2[C@H](C(=O)O)[C@H]21. The highest BCUT2D eigenvalue weighted by Gasteiger charge is 2.74. The van der Waals surface area contributed by atoms with Crippen molar-refractivity contribution in [1.29, 1.82) is 0 Å². The number of hydrogen-bond acceptors (Lipinski definition) is 5. The summed E-state index contributed by atoms with van der Waals surface area (Å²) < 4.78 is 0. The monoisotopic (exact) mass is 369 g/mol. The Morgan fingerprint density at radius 1 is 1.31 bits per heavy atom. The van der Waals surface area contributed by atoms with E-state index in [2.05, 4.69) is 5.43 Å². The maximum atomic E-state index is 12.5. The lowest BCUT2D eigenvalue weighted by molar-refractivity contribution is -0.168. The quantitative estimate of drug-likeness (QED) is 0.446. The van der Waals surface area contributed by atoms with Gasteiger partial charge in [0.2, 0.25) is 11.8 Å². The zero-order chi connectivity index (χ0) is 19.6. The minimum atomic E-state index is -1.70. The highest BCUT2D eigenvalue weighted by molar-refractivity contribution is 5.92. The molecule has 0 saturated heterocycles. The van der Waals surface area contributed by atoms with Crippen molar-refractivity contribution in [2.45, 2.75) is 51.5 Å². The zero-order valence-corrected chi connectivity index (χ0v) is 15.1. The van der Waals surface area contributed by atoms with Crippen molar-refractivity contribution >= 4 is 23.8 Å². The fourth-order valence-electron chi connectivity index (χ4n) is 4.10. The van der Waals surface area contributed by atoms with E-state index < -0.39 is 41.1 Å². The Bertz CT molecular complexity index is 609. The van der Waals surface area contributed by atoms with Crippen LogP contribution >= 0.6 is 0 Å². The van der Waals surface area contributed by atoms with E-state index in [9.17, 15) is 29.4 Å².